The lowest BCUT2D eigenvalue weighted by molar-refractivity contribution is -0.703. The molecule has 0 aliphatic rings. The molecule has 11 nitrogen and oxygen atoms in total. The van der Waals surface area contributed by atoms with E-state index in [0.29, 0.717) is 5.56 Å². The molecule has 0 radical (unpaired) electrons. The van der Waals surface area contributed by atoms with Gasteiger partial charge < -0.3 is 24.9 Å². The highest BCUT2D eigenvalue weighted by molar-refractivity contribution is 7.74. The number of carbonyl (C=O) groups excluding carboxylic acids is 1. The highest BCUT2D eigenvalue weighted by Gasteiger charge is 2.54. The van der Waals surface area contributed by atoms with Crippen molar-refractivity contribution in [3.8, 4) is 0 Å². The molecule has 13 heteroatoms. The van der Waals surface area contributed by atoms with E-state index in [-0.39, 0.29) is 13.1 Å². The molecular weight excluding hydrogens is 414 g/mol. The van der Waals surface area contributed by atoms with Crippen molar-refractivity contribution in [2.75, 3.05) is 6.54 Å². The summed E-state index contributed by atoms with van der Waals surface area (Å²) in [6.45, 7) is 5.07. The van der Waals surface area contributed by atoms with E-state index in [9.17, 15) is 38.9 Å². The van der Waals surface area contributed by atoms with Crippen LogP contribution in [-0.2, 0) is 22.3 Å². The van der Waals surface area contributed by atoms with Gasteiger partial charge in [0.2, 0.25) is 0 Å². The zero-order valence-corrected chi connectivity index (χ0v) is 17.6. The number of aliphatic hydroxyl groups excluding tert-OH is 1. The monoisotopic (exact) mass is 442 g/mol. The number of ether oxygens (including phenoxy) is 1. The van der Waals surface area contributed by atoms with E-state index < -0.39 is 45.2 Å². The van der Waals surface area contributed by atoms with Gasteiger partial charge in [-0.05, 0) is 26.8 Å². The number of alkyl carbamates (subject to hydrolysis) is 1. The maximum absolute atomic E-state index is 11.6. The van der Waals surface area contributed by atoms with Crippen LogP contribution in [0.5, 0.6) is 0 Å². The van der Waals surface area contributed by atoms with Gasteiger partial charge in [0.1, 0.15) is 11.7 Å². The molecule has 1 amide bonds. The largest absolute Gasteiger partial charge is 0.444 e. The Labute approximate surface area is 163 Å². The first-order valence-electron chi connectivity index (χ1n) is 8.33. The van der Waals surface area contributed by atoms with Crippen LogP contribution in [-0.4, -0.2) is 59.3 Å². The van der Waals surface area contributed by atoms with Gasteiger partial charge in [0, 0.05) is 18.1 Å². The molecule has 1 rings (SSSR count). The van der Waals surface area contributed by atoms with Gasteiger partial charge in [-0.25, -0.2) is 9.36 Å². The summed E-state index contributed by atoms with van der Waals surface area (Å²) < 4.78 is 18.0. The first-order valence-corrected chi connectivity index (χ1v) is 11.7. The zero-order valence-electron chi connectivity index (χ0n) is 15.8. The van der Waals surface area contributed by atoms with E-state index >= 15 is 0 Å². The van der Waals surface area contributed by atoms with Crippen LogP contribution < -0.4 is 9.88 Å². The quantitative estimate of drug-likeness (QED) is 0.209. The topological polar surface area (TPSA) is 181 Å². The van der Waals surface area contributed by atoms with E-state index in [1.807, 2.05) is 0 Å². The van der Waals surface area contributed by atoms with Crippen LogP contribution in [0, 0.1) is 0 Å². The molecule has 1 aromatic rings. The molecule has 0 saturated heterocycles. The number of aliphatic hydroxyl groups is 1. The van der Waals surface area contributed by atoms with Gasteiger partial charge in [-0.1, -0.05) is 0 Å². The maximum atomic E-state index is 11.6. The third-order valence-corrected chi connectivity index (χ3v) is 7.20. The molecule has 2 atom stereocenters. The predicted octanol–water partition coefficient (Wildman–Crippen LogP) is -0.354. The molecule has 1 heterocycles. The second-order valence-electron chi connectivity index (χ2n) is 7.33. The van der Waals surface area contributed by atoms with E-state index in [2.05, 4.69) is 5.32 Å². The van der Waals surface area contributed by atoms with Crippen molar-refractivity contribution < 1.29 is 48.2 Å². The van der Waals surface area contributed by atoms with E-state index in [0.717, 1.165) is 0 Å². The minimum absolute atomic E-state index is 0.0435. The normalized spacial score (nSPS) is 15.0. The van der Waals surface area contributed by atoms with Crippen LogP contribution in [0.15, 0.2) is 24.5 Å². The van der Waals surface area contributed by atoms with Crippen LogP contribution >= 0.6 is 15.5 Å². The molecule has 0 spiro atoms. The number of nitrogens with zero attached hydrogens (tertiary/aromatic N) is 1. The Morgan fingerprint density at radius 3 is 2.43 bits per heavy atom. The number of nitrogens with one attached hydrogen (secondary N) is 1. The van der Waals surface area contributed by atoms with Crippen molar-refractivity contribution in [2.45, 2.75) is 50.8 Å². The lowest BCUT2D eigenvalue weighted by atomic mass is 10.2. The van der Waals surface area contributed by atoms with E-state index in [1.165, 1.54) is 22.9 Å². The van der Waals surface area contributed by atoms with Gasteiger partial charge in [0.25, 0.3) is 5.40 Å². The van der Waals surface area contributed by atoms with Crippen molar-refractivity contribution in [3.05, 3.63) is 30.1 Å². The fraction of sp³-hybridized carbons (Fsp3) is 0.600. The summed E-state index contributed by atoms with van der Waals surface area (Å²) in [4.78, 5) is 58.1. The number of amides is 1. The van der Waals surface area contributed by atoms with Crippen molar-refractivity contribution in [1.82, 2.24) is 5.32 Å². The Morgan fingerprint density at radius 1 is 1.32 bits per heavy atom. The summed E-state index contributed by atoms with van der Waals surface area (Å²) in [5.74, 6) is 0. The van der Waals surface area contributed by atoms with Gasteiger partial charge >= 0.3 is 21.6 Å². The summed E-state index contributed by atoms with van der Waals surface area (Å²) in [7, 11) is -9.74. The molecule has 1 aromatic heterocycles. The number of rotatable bonds is 8. The second kappa shape index (κ2) is 9.56. The molecule has 0 saturated carbocycles. The van der Waals surface area contributed by atoms with Crippen molar-refractivity contribution in [2.24, 2.45) is 0 Å². The minimum atomic E-state index is -4.97. The van der Waals surface area contributed by atoms with Crippen molar-refractivity contribution in [1.29, 1.82) is 0 Å². The first-order chi connectivity index (χ1) is 12.6. The fourth-order valence-electron chi connectivity index (χ4n) is 2.29. The Kier molecular flexibility index (Phi) is 8.49. The SMILES string of the molecule is CC(C)(C)OC(=O)NCC(O)C[n+]1cccc(CC(P(=O)(O)O)[P+](O)(O)O)c1. The van der Waals surface area contributed by atoms with Gasteiger partial charge in [-0.2, -0.15) is 14.7 Å². The summed E-state index contributed by atoms with van der Waals surface area (Å²) in [6, 6.07) is 3.02. The predicted molar refractivity (Wildman–Crippen MR) is 100.0 cm³/mol. The average molecular weight is 442 g/mol. The van der Waals surface area contributed by atoms with E-state index in [4.69, 9.17) is 4.74 Å². The minimum Gasteiger partial charge on any atom is -0.444 e. The third kappa shape index (κ3) is 9.36. The van der Waals surface area contributed by atoms with Crippen LogP contribution in [0.4, 0.5) is 4.79 Å². The average Bonchev–Trinajstić information content (AvgIpc) is 2.47. The summed E-state index contributed by atoms with van der Waals surface area (Å²) in [6.07, 6.45) is 0.879. The zero-order chi connectivity index (χ0) is 21.8. The molecule has 7 N–H and O–H groups in total. The van der Waals surface area contributed by atoms with Crippen LogP contribution in [0.25, 0.3) is 0 Å². The number of aromatic nitrogens is 1. The third-order valence-electron chi connectivity index (χ3n) is 3.43. The fourth-order valence-corrected chi connectivity index (χ4v) is 4.81. The number of pyridine rings is 1. The smallest absolute Gasteiger partial charge is 0.419 e. The molecular formula is C15H28N2O9P2+2. The van der Waals surface area contributed by atoms with E-state index in [1.54, 1.807) is 27.0 Å². The van der Waals surface area contributed by atoms with Crippen molar-refractivity contribution in [3.63, 3.8) is 0 Å². The maximum Gasteiger partial charge on any atom is 0.419 e. The Hall–Kier alpha value is -1.16. The van der Waals surface area contributed by atoms with Gasteiger partial charge in [-0.3, -0.25) is 4.57 Å². The van der Waals surface area contributed by atoms with Crippen molar-refractivity contribution >= 4 is 21.6 Å². The first kappa shape index (κ1) is 24.9. The highest BCUT2D eigenvalue weighted by Crippen LogP contribution is 2.65. The molecule has 0 aliphatic heterocycles. The number of carbonyl (C=O) groups is 1. The molecule has 0 fully saturated rings. The van der Waals surface area contributed by atoms with Gasteiger partial charge in [0.05, 0.1) is 6.54 Å². The second-order valence-corrected chi connectivity index (χ2v) is 11.4. The number of hydrogen-bond acceptors (Lipinski definition) is 7. The molecule has 160 valence electrons. The van der Waals surface area contributed by atoms with Crippen LogP contribution in [0.1, 0.15) is 26.3 Å². The summed E-state index contributed by atoms with van der Waals surface area (Å²) >= 11 is 0. The summed E-state index contributed by atoms with van der Waals surface area (Å²) in [5, 5.41) is 10.4. The van der Waals surface area contributed by atoms with Gasteiger partial charge in [-0.15, -0.1) is 0 Å². The van der Waals surface area contributed by atoms with Crippen LogP contribution in [0.2, 0.25) is 0 Å². The Bertz CT molecular complexity index is 712. The Balaban J connectivity index is 2.72. The van der Waals surface area contributed by atoms with Gasteiger partial charge in [0.15, 0.2) is 18.9 Å². The molecule has 28 heavy (non-hydrogen) atoms. The molecule has 0 aromatic carbocycles. The highest BCUT2D eigenvalue weighted by atomic mass is 31.3. The lowest BCUT2D eigenvalue weighted by Crippen LogP contribution is -2.45. The standard InChI is InChI=1S/C15H26N2O9P2/c1-15(2,3)26-14(19)16-8-12(18)10-17-6-4-5-11(9-17)7-13(27(20,21)22)28(23,24)25/h4-6,9,12-13,18,20-22H,7-8,10H2,1-3H3,(H-2,16,19,23,24,25)/p+2. The Morgan fingerprint density at radius 2 is 1.93 bits per heavy atom. The lowest BCUT2D eigenvalue weighted by Gasteiger charge is -2.20. The summed E-state index contributed by atoms with van der Waals surface area (Å²) in [5.41, 5.74) is -0.359. The molecule has 2 unspecified atom stereocenters. The molecule has 0 bridgehead atoms. The van der Waals surface area contributed by atoms with Crippen LogP contribution in [0.3, 0.4) is 0 Å². The number of hydrogen-bond donors (Lipinski definition) is 7. The molecule has 0 aliphatic carbocycles.